The third-order valence-corrected chi connectivity index (χ3v) is 10.5. The van der Waals surface area contributed by atoms with Gasteiger partial charge >= 0.3 is 7.60 Å². The van der Waals surface area contributed by atoms with Gasteiger partial charge in [0.25, 0.3) is 0 Å². The maximum Gasteiger partial charge on any atom is 0.363 e. The second-order valence-electron chi connectivity index (χ2n) is 12.0. The number of aliphatic hydroxyl groups excluding tert-OH is 1. The summed E-state index contributed by atoms with van der Waals surface area (Å²) in [6.45, 7) is 13.4. The molecule has 0 saturated heterocycles. The van der Waals surface area contributed by atoms with E-state index in [1.54, 1.807) is 18.2 Å². The molecular weight excluding hydrogens is 463 g/mol. The van der Waals surface area contributed by atoms with Crippen LogP contribution in [-0.2, 0) is 13.6 Å². The normalized spacial score (nSPS) is 33.6. The fraction of sp³-hybridized carbons (Fsp3) is 0.786. The summed E-state index contributed by atoms with van der Waals surface area (Å²) < 4.78 is 38.8. The summed E-state index contributed by atoms with van der Waals surface area (Å²) in [4.78, 5) is 0. The zero-order valence-electron chi connectivity index (χ0n) is 22.3. The van der Waals surface area contributed by atoms with Crippen LogP contribution in [0.5, 0.6) is 11.5 Å². The summed E-state index contributed by atoms with van der Waals surface area (Å²) in [5, 5.41) is 11.6. The number of benzene rings is 1. The molecule has 1 N–H and O–H groups in total. The Bertz CT molecular complexity index is 863. The highest BCUT2D eigenvalue weighted by molar-refractivity contribution is 7.54. The summed E-state index contributed by atoms with van der Waals surface area (Å²) in [7, 11) is -3.94. The molecule has 8 atom stereocenters. The summed E-state index contributed by atoms with van der Waals surface area (Å²) in [5.41, 5.74) is 0.479. The highest BCUT2D eigenvalue weighted by atomic mass is 31.2. The third-order valence-electron chi connectivity index (χ3n) is 8.48. The van der Waals surface area contributed by atoms with Gasteiger partial charge in [0, 0.05) is 0 Å². The molecule has 1 unspecified atom stereocenters. The average Bonchev–Trinajstić information content (AvgIpc) is 3.26. The van der Waals surface area contributed by atoms with Crippen LogP contribution in [0.15, 0.2) is 18.2 Å². The summed E-state index contributed by atoms with van der Waals surface area (Å²) in [5.74, 6) is 2.16. The first kappa shape index (κ1) is 27.0. The highest BCUT2D eigenvalue weighted by Gasteiger charge is 2.46. The molecule has 6 nitrogen and oxygen atoms in total. The number of fused-ring (bicyclic) bond motifs is 1. The van der Waals surface area contributed by atoms with E-state index in [2.05, 4.69) is 41.5 Å². The van der Waals surface area contributed by atoms with E-state index >= 15 is 0 Å². The van der Waals surface area contributed by atoms with Gasteiger partial charge in [-0.05, 0) is 78.9 Å². The van der Waals surface area contributed by atoms with Crippen LogP contribution in [0.2, 0.25) is 0 Å². The van der Waals surface area contributed by atoms with Crippen LogP contribution in [0.25, 0.3) is 0 Å². The topological polar surface area (TPSA) is 74.2 Å². The van der Waals surface area contributed by atoms with Crippen molar-refractivity contribution in [2.45, 2.75) is 98.1 Å². The molecule has 1 heterocycles. The molecule has 0 amide bonds. The number of hydrogen-bond acceptors (Lipinski definition) is 6. The molecule has 0 radical (unpaired) electrons. The maximum atomic E-state index is 14.7. The Labute approximate surface area is 211 Å². The van der Waals surface area contributed by atoms with E-state index in [9.17, 15) is 9.67 Å². The van der Waals surface area contributed by atoms with Gasteiger partial charge in [-0.1, -0.05) is 60.5 Å². The van der Waals surface area contributed by atoms with Crippen molar-refractivity contribution >= 4 is 7.60 Å². The second kappa shape index (κ2) is 11.1. The molecule has 2 aliphatic carbocycles. The van der Waals surface area contributed by atoms with Crippen LogP contribution < -0.4 is 9.47 Å². The summed E-state index contributed by atoms with van der Waals surface area (Å²) in [6, 6.07) is 5.20. The highest BCUT2D eigenvalue weighted by Crippen LogP contribution is 2.64. The van der Waals surface area contributed by atoms with E-state index in [1.165, 1.54) is 0 Å². The van der Waals surface area contributed by atoms with Crippen molar-refractivity contribution in [2.75, 3.05) is 6.79 Å². The lowest BCUT2D eigenvalue weighted by Crippen LogP contribution is -2.37. The fourth-order valence-corrected chi connectivity index (χ4v) is 8.29. The lowest BCUT2D eigenvalue weighted by molar-refractivity contribution is -0.0154. The van der Waals surface area contributed by atoms with Crippen molar-refractivity contribution in [1.82, 2.24) is 0 Å². The van der Waals surface area contributed by atoms with Crippen LogP contribution in [0.4, 0.5) is 0 Å². The minimum Gasteiger partial charge on any atom is -0.454 e. The smallest absolute Gasteiger partial charge is 0.363 e. The largest absolute Gasteiger partial charge is 0.454 e. The standard InChI is InChI=1S/C28H45O6P/c1-17(2)22-10-7-19(5)13-25(22)33-35(30,34-26-14-20(6)8-11-23(26)18(3)4)28(29)21-9-12-24-27(15-21)32-16-31-24/h9,12,15,17-20,22-23,25-26,28-29H,7-8,10-11,13-14,16H2,1-6H3/t19-,20-,22-,23+,25-,26-,28-,35?/m1/s1. The minimum atomic E-state index is -3.94. The van der Waals surface area contributed by atoms with Crippen molar-refractivity contribution in [2.24, 2.45) is 35.5 Å². The van der Waals surface area contributed by atoms with Crippen molar-refractivity contribution in [3.63, 3.8) is 0 Å². The number of hydrogen-bond donors (Lipinski definition) is 1. The van der Waals surface area contributed by atoms with Crippen LogP contribution in [0.1, 0.15) is 91.5 Å². The van der Waals surface area contributed by atoms with E-state index < -0.39 is 13.4 Å². The maximum absolute atomic E-state index is 14.7. The van der Waals surface area contributed by atoms with E-state index in [4.69, 9.17) is 18.5 Å². The predicted octanol–water partition coefficient (Wildman–Crippen LogP) is 7.55. The Hall–Kier alpha value is -1.07. The first-order valence-corrected chi connectivity index (χ1v) is 15.2. The van der Waals surface area contributed by atoms with Gasteiger partial charge in [0.05, 0.1) is 12.2 Å². The van der Waals surface area contributed by atoms with Crippen LogP contribution in [-0.4, -0.2) is 24.1 Å². The van der Waals surface area contributed by atoms with Gasteiger partial charge in [-0.3, -0.25) is 4.57 Å². The van der Waals surface area contributed by atoms with Gasteiger partial charge in [-0.15, -0.1) is 0 Å². The Kier molecular flexibility index (Phi) is 8.58. The molecule has 198 valence electrons. The second-order valence-corrected chi connectivity index (χ2v) is 14.0. The molecule has 2 saturated carbocycles. The quantitative estimate of drug-likeness (QED) is 0.365. The van der Waals surface area contributed by atoms with Gasteiger partial charge in [0.1, 0.15) is 0 Å². The molecule has 0 bridgehead atoms. The Morgan fingerprint density at radius 1 is 0.857 bits per heavy atom. The van der Waals surface area contributed by atoms with Crippen LogP contribution in [0.3, 0.4) is 0 Å². The van der Waals surface area contributed by atoms with Crippen molar-refractivity contribution in [3.8, 4) is 11.5 Å². The van der Waals surface area contributed by atoms with E-state index in [0.29, 0.717) is 52.6 Å². The van der Waals surface area contributed by atoms with E-state index in [0.717, 1.165) is 38.5 Å². The Morgan fingerprint density at radius 3 is 1.89 bits per heavy atom. The molecule has 2 fully saturated rings. The molecule has 0 spiro atoms. The molecule has 35 heavy (non-hydrogen) atoms. The Morgan fingerprint density at radius 2 is 1.37 bits per heavy atom. The molecule has 1 aromatic rings. The van der Waals surface area contributed by atoms with E-state index in [1.807, 2.05) is 0 Å². The average molecular weight is 509 g/mol. The number of aliphatic hydroxyl groups is 1. The third kappa shape index (κ3) is 6.09. The fourth-order valence-electron chi connectivity index (χ4n) is 6.25. The lowest BCUT2D eigenvalue weighted by Gasteiger charge is -2.42. The summed E-state index contributed by atoms with van der Waals surface area (Å²) >= 11 is 0. The van der Waals surface area contributed by atoms with Gasteiger partial charge < -0.3 is 23.6 Å². The first-order valence-electron chi connectivity index (χ1n) is 13.6. The van der Waals surface area contributed by atoms with Gasteiger partial charge in [0.2, 0.25) is 6.79 Å². The van der Waals surface area contributed by atoms with Gasteiger partial charge in [-0.25, -0.2) is 0 Å². The molecule has 1 aromatic carbocycles. The summed E-state index contributed by atoms with van der Waals surface area (Å²) in [6.07, 6.45) is 5.63. The monoisotopic (exact) mass is 508 g/mol. The van der Waals surface area contributed by atoms with Gasteiger partial charge in [-0.2, -0.15) is 0 Å². The zero-order valence-corrected chi connectivity index (χ0v) is 23.2. The molecule has 1 aliphatic heterocycles. The molecule has 0 aromatic heterocycles. The minimum absolute atomic E-state index is 0.144. The molecular formula is C28H45O6P. The van der Waals surface area contributed by atoms with Crippen molar-refractivity contribution < 1.29 is 28.2 Å². The Balaban J connectivity index is 1.67. The van der Waals surface area contributed by atoms with Crippen molar-refractivity contribution in [3.05, 3.63) is 23.8 Å². The van der Waals surface area contributed by atoms with Crippen LogP contribution >= 0.6 is 7.60 Å². The van der Waals surface area contributed by atoms with Crippen molar-refractivity contribution in [1.29, 1.82) is 0 Å². The van der Waals surface area contributed by atoms with Gasteiger partial charge in [0.15, 0.2) is 17.3 Å². The molecule has 7 heteroatoms. The number of ether oxygens (including phenoxy) is 2. The molecule has 3 aliphatic rings. The molecule has 4 rings (SSSR count). The predicted molar refractivity (Wildman–Crippen MR) is 138 cm³/mol. The van der Waals surface area contributed by atoms with E-state index in [-0.39, 0.29) is 19.0 Å². The first-order chi connectivity index (χ1) is 16.6. The SMILES string of the molecule is CC(C)[C@H]1CC[C@@H](C)C[C@H]1OP(=O)(O[C@@H]1C[C@H](C)CC[C@H]1C(C)C)[C@@H](O)c1ccc2c(c1)OCO2. The number of rotatable bonds is 8. The van der Waals surface area contributed by atoms with Crippen LogP contribution in [0, 0.1) is 35.5 Å². The zero-order chi connectivity index (χ0) is 25.3. The lowest BCUT2D eigenvalue weighted by atomic mass is 9.75.